The molecule has 0 amide bonds. The predicted molar refractivity (Wildman–Crippen MR) is 83.7 cm³/mol. The summed E-state index contributed by atoms with van der Waals surface area (Å²) in [5.41, 5.74) is 7.55. The second-order valence-corrected chi connectivity index (χ2v) is 7.03. The summed E-state index contributed by atoms with van der Waals surface area (Å²) in [5, 5.41) is 1.20. The van der Waals surface area contributed by atoms with Gasteiger partial charge in [-0.3, -0.25) is 0 Å². The van der Waals surface area contributed by atoms with Gasteiger partial charge in [0.25, 0.3) is 0 Å². The summed E-state index contributed by atoms with van der Waals surface area (Å²) in [5.74, 6) is 1.55. The van der Waals surface area contributed by atoms with Gasteiger partial charge in [-0.2, -0.15) is 0 Å². The molecule has 0 aliphatic heterocycles. The molecule has 1 aromatic rings. The van der Waals surface area contributed by atoms with Gasteiger partial charge in [0.15, 0.2) is 0 Å². The van der Waals surface area contributed by atoms with Gasteiger partial charge in [0.1, 0.15) is 0 Å². The summed E-state index contributed by atoms with van der Waals surface area (Å²) >= 11 is 12.1. The molecule has 1 aromatic carbocycles. The molecule has 0 aromatic heterocycles. The lowest BCUT2D eigenvalue weighted by atomic mass is 9.82. The van der Waals surface area contributed by atoms with Gasteiger partial charge >= 0.3 is 0 Å². The lowest BCUT2D eigenvalue weighted by Gasteiger charge is -2.29. The number of rotatable bonds is 2. The fraction of sp³-hybridized carbons (Fsp3) is 0.625. The zero-order chi connectivity index (χ0) is 14.0. The van der Waals surface area contributed by atoms with Crippen molar-refractivity contribution in [1.82, 2.24) is 0 Å². The fourth-order valence-electron chi connectivity index (χ4n) is 3.15. The maximum atomic E-state index is 6.66. The molecule has 2 rings (SSSR count). The second-order valence-electron chi connectivity index (χ2n) is 6.22. The number of nitrogens with two attached hydrogens (primary N) is 1. The number of hydrogen-bond acceptors (Lipinski definition) is 1. The Bertz CT molecular complexity index is 444. The molecule has 1 aliphatic carbocycles. The first-order chi connectivity index (χ1) is 8.92. The van der Waals surface area contributed by atoms with E-state index in [-0.39, 0.29) is 5.54 Å². The highest BCUT2D eigenvalue weighted by atomic mass is 35.5. The van der Waals surface area contributed by atoms with E-state index in [9.17, 15) is 0 Å². The summed E-state index contributed by atoms with van der Waals surface area (Å²) in [7, 11) is 0. The number of benzene rings is 1. The van der Waals surface area contributed by atoms with E-state index in [2.05, 4.69) is 13.8 Å². The molecule has 1 fully saturated rings. The standard InChI is InChI=1S/C16H23Cl2N/c1-11(2)12-4-3-8-16(19,9-7-12)13-5-6-14(17)15(18)10-13/h5-6,10-12H,3-4,7-9,19H2,1-2H3. The first-order valence-electron chi connectivity index (χ1n) is 7.17. The van der Waals surface area contributed by atoms with Gasteiger partial charge in [0, 0.05) is 5.54 Å². The molecular weight excluding hydrogens is 277 g/mol. The highest BCUT2D eigenvalue weighted by molar-refractivity contribution is 6.42. The van der Waals surface area contributed by atoms with Crippen molar-refractivity contribution >= 4 is 23.2 Å². The minimum atomic E-state index is -0.238. The molecule has 1 saturated carbocycles. The molecule has 2 unspecified atom stereocenters. The molecule has 3 heteroatoms. The van der Waals surface area contributed by atoms with Crippen molar-refractivity contribution in [2.24, 2.45) is 17.6 Å². The molecular formula is C16H23Cl2N. The van der Waals surface area contributed by atoms with E-state index in [0.29, 0.717) is 10.0 Å². The summed E-state index contributed by atoms with van der Waals surface area (Å²) < 4.78 is 0. The van der Waals surface area contributed by atoms with Gasteiger partial charge in [-0.25, -0.2) is 0 Å². The van der Waals surface area contributed by atoms with Crippen molar-refractivity contribution in [3.8, 4) is 0 Å². The monoisotopic (exact) mass is 299 g/mol. The van der Waals surface area contributed by atoms with E-state index in [0.717, 1.165) is 30.2 Å². The quantitative estimate of drug-likeness (QED) is 0.729. The van der Waals surface area contributed by atoms with Crippen molar-refractivity contribution in [1.29, 1.82) is 0 Å². The predicted octanol–water partition coefficient (Wildman–Crippen LogP) is 5.38. The van der Waals surface area contributed by atoms with Gasteiger partial charge in [-0.05, 0) is 48.8 Å². The zero-order valence-corrected chi connectivity index (χ0v) is 13.3. The van der Waals surface area contributed by atoms with Gasteiger partial charge < -0.3 is 5.73 Å². The molecule has 0 bridgehead atoms. The molecule has 106 valence electrons. The minimum absolute atomic E-state index is 0.238. The van der Waals surface area contributed by atoms with Crippen LogP contribution in [-0.4, -0.2) is 0 Å². The van der Waals surface area contributed by atoms with Crippen LogP contribution < -0.4 is 5.73 Å². The Balaban J connectivity index is 2.20. The Labute approximate surface area is 126 Å². The Hall–Kier alpha value is -0.240. The average Bonchev–Trinajstić information content (AvgIpc) is 2.56. The van der Waals surface area contributed by atoms with Crippen LogP contribution in [0.25, 0.3) is 0 Å². The van der Waals surface area contributed by atoms with E-state index >= 15 is 0 Å². The van der Waals surface area contributed by atoms with Crippen LogP contribution in [0.1, 0.15) is 51.5 Å². The zero-order valence-electron chi connectivity index (χ0n) is 11.8. The average molecular weight is 300 g/mol. The Morgan fingerprint density at radius 2 is 1.89 bits per heavy atom. The van der Waals surface area contributed by atoms with Gasteiger partial charge in [-0.15, -0.1) is 0 Å². The minimum Gasteiger partial charge on any atom is -0.321 e. The molecule has 2 N–H and O–H groups in total. The summed E-state index contributed by atoms with van der Waals surface area (Å²) in [4.78, 5) is 0. The van der Waals surface area contributed by atoms with Crippen LogP contribution >= 0.6 is 23.2 Å². The smallest absolute Gasteiger partial charge is 0.0595 e. The Morgan fingerprint density at radius 3 is 2.53 bits per heavy atom. The van der Waals surface area contributed by atoms with Gasteiger partial charge in [0.05, 0.1) is 10.0 Å². The summed E-state index contributed by atoms with van der Waals surface area (Å²) in [6.45, 7) is 4.63. The first kappa shape index (κ1) is 15.2. The highest BCUT2D eigenvalue weighted by Gasteiger charge is 2.32. The van der Waals surface area contributed by atoms with Crippen LogP contribution in [0.3, 0.4) is 0 Å². The lowest BCUT2D eigenvalue weighted by Crippen LogP contribution is -2.36. The topological polar surface area (TPSA) is 26.0 Å². The van der Waals surface area contributed by atoms with Gasteiger partial charge in [-0.1, -0.05) is 56.0 Å². The highest BCUT2D eigenvalue weighted by Crippen LogP contribution is 2.39. The van der Waals surface area contributed by atoms with Crippen LogP contribution in [0.15, 0.2) is 18.2 Å². The van der Waals surface area contributed by atoms with Crippen LogP contribution in [0.4, 0.5) is 0 Å². The van der Waals surface area contributed by atoms with Crippen molar-refractivity contribution in [2.75, 3.05) is 0 Å². The molecule has 1 nitrogen and oxygen atoms in total. The van der Waals surface area contributed by atoms with Crippen molar-refractivity contribution < 1.29 is 0 Å². The number of halogens is 2. The maximum Gasteiger partial charge on any atom is 0.0595 e. The van der Waals surface area contributed by atoms with Crippen LogP contribution in [0.2, 0.25) is 10.0 Å². The van der Waals surface area contributed by atoms with Crippen LogP contribution in [-0.2, 0) is 5.54 Å². The van der Waals surface area contributed by atoms with Gasteiger partial charge in [0.2, 0.25) is 0 Å². The van der Waals surface area contributed by atoms with Crippen LogP contribution in [0, 0.1) is 11.8 Å². The second kappa shape index (κ2) is 6.03. The molecule has 1 aliphatic rings. The van der Waals surface area contributed by atoms with Crippen molar-refractivity contribution in [2.45, 2.75) is 51.5 Å². The van der Waals surface area contributed by atoms with Crippen LogP contribution in [0.5, 0.6) is 0 Å². The lowest BCUT2D eigenvalue weighted by molar-refractivity contribution is 0.325. The number of hydrogen-bond donors (Lipinski definition) is 1. The molecule has 2 atom stereocenters. The summed E-state index contributed by atoms with van der Waals surface area (Å²) in [6.07, 6.45) is 5.76. The SMILES string of the molecule is CC(C)C1CCCC(N)(c2ccc(Cl)c(Cl)c2)CC1. The third-order valence-corrected chi connectivity index (χ3v) is 5.34. The van der Waals surface area contributed by atoms with E-state index in [4.69, 9.17) is 28.9 Å². The van der Waals surface area contributed by atoms with E-state index < -0.39 is 0 Å². The third kappa shape index (κ3) is 3.45. The molecule has 0 spiro atoms. The van der Waals surface area contributed by atoms with Crippen molar-refractivity contribution in [3.05, 3.63) is 33.8 Å². The van der Waals surface area contributed by atoms with E-state index in [1.165, 1.54) is 19.3 Å². The van der Waals surface area contributed by atoms with E-state index in [1.54, 1.807) is 0 Å². The first-order valence-corrected chi connectivity index (χ1v) is 7.92. The molecule has 0 saturated heterocycles. The third-order valence-electron chi connectivity index (χ3n) is 4.60. The fourth-order valence-corrected chi connectivity index (χ4v) is 3.45. The maximum absolute atomic E-state index is 6.66. The molecule has 0 radical (unpaired) electrons. The van der Waals surface area contributed by atoms with E-state index in [1.807, 2.05) is 18.2 Å². The Kier molecular flexibility index (Phi) is 4.81. The van der Waals surface area contributed by atoms with Crippen molar-refractivity contribution in [3.63, 3.8) is 0 Å². The molecule has 19 heavy (non-hydrogen) atoms. The Morgan fingerprint density at radius 1 is 1.16 bits per heavy atom. The molecule has 0 heterocycles. The largest absolute Gasteiger partial charge is 0.321 e. The normalized spacial score (nSPS) is 28.4. The summed E-state index contributed by atoms with van der Waals surface area (Å²) in [6, 6.07) is 5.84.